The number of halogens is 1. The Bertz CT molecular complexity index is 1210. The molecule has 2 heterocycles. The molecule has 4 aromatic rings. The van der Waals surface area contributed by atoms with E-state index >= 15 is 0 Å². The highest BCUT2D eigenvalue weighted by atomic mass is 35.5. The van der Waals surface area contributed by atoms with Gasteiger partial charge in [0.05, 0.1) is 21.7 Å². The van der Waals surface area contributed by atoms with Gasteiger partial charge in [0.25, 0.3) is 11.4 Å². The second-order valence-electron chi connectivity index (χ2n) is 5.61. The van der Waals surface area contributed by atoms with Crippen molar-refractivity contribution in [3.05, 3.63) is 81.4 Å². The number of hydrazone groups is 1. The molecule has 0 radical (unpaired) electrons. The summed E-state index contributed by atoms with van der Waals surface area (Å²) in [6.45, 7) is 1.65. The molecule has 2 N–H and O–H groups in total. The second-order valence-corrected chi connectivity index (χ2v) is 6.02. The molecule has 0 aliphatic carbocycles. The number of anilines is 1. The zero-order valence-electron chi connectivity index (χ0n) is 14.1. The van der Waals surface area contributed by atoms with Gasteiger partial charge in [-0.15, -0.1) is 10.2 Å². The minimum absolute atomic E-state index is 0.0527. The molecule has 0 aliphatic rings. The number of hydrogen-bond donors (Lipinski definition) is 2. The van der Waals surface area contributed by atoms with Crippen LogP contribution in [0.5, 0.6) is 0 Å². The zero-order chi connectivity index (χ0) is 18.8. The summed E-state index contributed by atoms with van der Waals surface area (Å²) in [7, 11) is 0. The Morgan fingerprint density at radius 2 is 1.93 bits per heavy atom. The molecule has 0 aliphatic heterocycles. The van der Waals surface area contributed by atoms with E-state index in [1.54, 1.807) is 43.3 Å². The Kier molecular flexibility index (Phi) is 4.39. The number of aromatic amines is 1. The summed E-state index contributed by atoms with van der Waals surface area (Å²) in [4.78, 5) is 19.8. The molecule has 134 valence electrons. The molecule has 4 rings (SSSR count). The molecule has 0 fully saturated rings. The van der Waals surface area contributed by atoms with Crippen molar-refractivity contribution in [2.24, 2.45) is 5.10 Å². The van der Waals surface area contributed by atoms with Crippen molar-refractivity contribution in [2.75, 3.05) is 5.43 Å². The lowest BCUT2D eigenvalue weighted by Crippen LogP contribution is -2.23. The van der Waals surface area contributed by atoms with Crippen LogP contribution in [0, 0.1) is 6.92 Å². The predicted molar refractivity (Wildman–Crippen MR) is 102 cm³/mol. The van der Waals surface area contributed by atoms with E-state index in [1.165, 1.54) is 0 Å². The van der Waals surface area contributed by atoms with Crippen molar-refractivity contribution in [1.29, 1.82) is 0 Å². The van der Waals surface area contributed by atoms with Gasteiger partial charge in [-0.1, -0.05) is 35.9 Å². The molecule has 8 nitrogen and oxygen atoms in total. The van der Waals surface area contributed by atoms with Crippen LogP contribution in [0.4, 0.5) is 5.69 Å². The summed E-state index contributed by atoms with van der Waals surface area (Å²) < 4.78 is 5.47. The number of fused-ring (bicyclic) bond motifs is 1. The Morgan fingerprint density at radius 1 is 1.15 bits per heavy atom. The Hall–Kier alpha value is -3.52. The number of nitrogens with one attached hydrogen (secondary N) is 2. The Morgan fingerprint density at radius 3 is 2.70 bits per heavy atom. The number of benzene rings is 2. The molecule has 0 atom stereocenters. The van der Waals surface area contributed by atoms with Crippen LogP contribution in [0.15, 0.2) is 62.8 Å². The minimum atomic E-state index is -0.427. The predicted octanol–water partition coefficient (Wildman–Crippen LogP) is 3.13. The summed E-state index contributed by atoms with van der Waals surface area (Å²) in [5, 5.41) is 12.5. The number of rotatable bonds is 4. The lowest BCUT2D eigenvalue weighted by molar-refractivity contribution is 0.510. The van der Waals surface area contributed by atoms with Gasteiger partial charge < -0.3 is 9.40 Å². The third-order valence-corrected chi connectivity index (χ3v) is 4.04. The van der Waals surface area contributed by atoms with Crippen LogP contribution in [0.3, 0.4) is 0 Å². The van der Waals surface area contributed by atoms with E-state index in [1.807, 2.05) is 12.1 Å². The fourth-order valence-electron chi connectivity index (χ4n) is 2.45. The minimum Gasteiger partial charge on any atom is -0.419 e. The van der Waals surface area contributed by atoms with Gasteiger partial charge in [-0.05, 0) is 24.3 Å². The van der Waals surface area contributed by atoms with Gasteiger partial charge in [0.15, 0.2) is 11.4 Å². The van der Waals surface area contributed by atoms with Crippen LogP contribution < -0.4 is 11.0 Å². The van der Waals surface area contributed by atoms with Gasteiger partial charge in [0.1, 0.15) is 0 Å². The summed E-state index contributed by atoms with van der Waals surface area (Å²) in [6, 6.07) is 14.3. The van der Waals surface area contributed by atoms with Gasteiger partial charge >= 0.3 is 0 Å². The summed E-state index contributed by atoms with van der Waals surface area (Å²) in [5.74, 6) is 0.410. The van der Waals surface area contributed by atoms with Crippen LogP contribution in [-0.4, -0.2) is 25.9 Å². The van der Waals surface area contributed by atoms with Crippen molar-refractivity contribution in [3.8, 4) is 0 Å². The van der Waals surface area contributed by atoms with Crippen molar-refractivity contribution in [1.82, 2.24) is 20.2 Å². The molecule has 2 aromatic carbocycles. The lowest BCUT2D eigenvalue weighted by Gasteiger charge is -2.06. The molecule has 0 saturated carbocycles. The SMILES string of the molecule is Cc1nnc(/C(=N\Nc2ccccc2Cl)c2nc3ccccc3[nH]c2=O)o1. The van der Waals surface area contributed by atoms with Gasteiger partial charge in [0.2, 0.25) is 5.89 Å². The zero-order valence-corrected chi connectivity index (χ0v) is 14.9. The van der Waals surface area contributed by atoms with Gasteiger partial charge in [-0.25, -0.2) is 4.98 Å². The molecule has 0 saturated heterocycles. The summed E-state index contributed by atoms with van der Waals surface area (Å²) in [5.41, 5.74) is 4.35. The van der Waals surface area contributed by atoms with E-state index in [0.29, 0.717) is 27.6 Å². The number of aryl methyl sites for hydroxylation is 1. The van der Waals surface area contributed by atoms with Crippen LogP contribution in [0.1, 0.15) is 17.5 Å². The maximum atomic E-state index is 12.6. The van der Waals surface area contributed by atoms with Crippen molar-refractivity contribution in [2.45, 2.75) is 6.92 Å². The summed E-state index contributed by atoms with van der Waals surface area (Å²) in [6.07, 6.45) is 0. The Balaban J connectivity index is 1.86. The lowest BCUT2D eigenvalue weighted by atomic mass is 10.2. The first-order chi connectivity index (χ1) is 13.1. The first-order valence-electron chi connectivity index (χ1n) is 8.00. The van der Waals surface area contributed by atoms with Crippen LogP contribution in [-0.2, 0) is 0 Å². The average Bonchev–Trinajstić information content (AvgIpc) is 3.09. The third kappa shape index (κ3) is 3.42. The maximum Gasteiger partial charge on any atom is 0.276 e. The molecule has 0 spiro atoms. The molecule has 0 unspecified atom stereocenters. The molecule has 27 heavy (non-hydrogen) atoms. The van der Waals surface area contributed by atoms with E-state index in [4.69, 9.17) is 16.0 Å². The quantitative estimate of drug-likeness (QED) is 0.416. The molecule has 0 amide bonds. The number of aromatic nitrogens is 4. The molecule has 9 heteroatoms. The van der Waals surface area contributed by atoms with E-state index in [-0.39, 0.29) is 17.3 Å². The van der Waals surface area contributed by atoms with Gasteiger partial charge in [-0.2, -0.15) is 5.10 Å². The normalized spacial score (nSPS) is 11.7. The highest BCUT2D eigenvalue weighted by Crippen LogP contribution is 2.21. The third-order valence-electron chi connectivity index (χ3n) is 3.71. The first-order valence-corrected chi connectivity index (χ1v) is 8.38. The molecule has 0 bridgehead atoms. The van der Waals surface area contributed by atoms with Crippen molar-refractivity contribution < 1.29 is 4.42 Å². The van der Waals surface area contributed by atoms with Crippen molar-refractivity contribution in [3.63, 3.8) is 0 Å². The highest BCUT2D eigenvalue weighted by Gasteiger charge is 2.20. The molecular formula is C18H13ClN6O2. The van der Waals surface area contributed by atoms with Gasteiger partial charge in [0, 0.05) is 6.92 Å². The van der Waals surface area contributed by atoms with Gasteiger partial charge in [-0.3, -0.25) is 10.2 Å². The van der Waals surface area contributed by atoms with E-state index in [9.17, 15) is 4.79 Å². The monoisotopic (exact) mass is 380 g/mol. The second kappa shape index (κ2) is 7.00. The van der Waals surface area contributed by atoms with E-state index < -0.39 is 5.56 Å². The van der Waals surface area contributed by atoms with Crippen LogP contribution in [0.25, 0.3) is 11.0 Å². The fourth-order valence-corrected chi connectivity index (χ4v) is 2.63. The average molecular weight is 381 g/mol. The smallest absolute Gasteiger partial charge is 0.276 e. The van der Waals surface area contributed by atoms with Crippen LogP contribution in [0.2, 0.25) is 5.02 Å². The topological polar surface area (TPSA) is 109 Å². The number of hydrogen-bond acceptors (Lipinski definition) is 7. The fraction of sp³-hybridized carbons (Fsp3) is 0.0556. The first kappa shape index (κ1) is 16.9. The number of H-pyrrole nitrogens is 1. The highest BCUT2D eigenvalue weighted by molar-refractivity contribution is 6.33. The standard InChI is InChI=1S/C18H13ClN6O2/c1-10-22-25-18(27-10)16(24-23-12-7-3-2-6-11(12)19)15-17(26)21-14-9-5-4-8-13(14)20-15/h2-9,23H,1H3,(H,21,26)/b24-16-. The summed E-state index contributed by atoms with van der Waals surface area (Å²) >= 11 is 6.15. The van der Waals surface area contributed by atoms with Crippen molar-refractivity contribution >= 4 is 34.0 Å². The molecular weight excluding hydrogens is 368 g/mol. The molecule has 2 aromatic heterocycles. The number of para-hydroxylation sites is 3. The maximum absolute atomic E-state index is 12.6. The Labute approximate surface area is 157 Å². The van der Waals surface area contributed by atoms with E-state index in [0.717, 1.165) is 0 Å². The number of nitrogens with zero attached hydrogens (tertiary/aromatic N) is 4. The largest absolute Gasteiger partial charge is 0.419 e. The van der Waals surface area contributed by atoms with Crippen LogP contribution >= 0.6 is 11.6 Å². The van der Waals surface area contributed by atoms with E-state index in [2.05, 4.69) is 30.7 Å².